The van der Waals surface area contributed by atoms with E-state index in [4.69, 9.17) is 19.3 Å². The minimum absolute atomic E-state index is 0.344. The second-order valence-corrected chi connectivity index (χ2v) is 9.64. The zero-order valence-corrected chi connectivity index (χ0v) is 21.2. The van der Waals surface area contributed by atoms with E-state index >= 15 is 0 Å². The molecule has 0 aliphatic heterocycles. The summed E-state index contributed by atoms with van der Waals surface area (Å²) >= 11 is 0. The Morgan fingerprint density at radius 3 is 2.49 bits per heavy atom. The van der Waals surface area contributed by atoms with Gasteiger partial charge in [-0.25, -0.2) is 4.68 Å². The van der Waals surface area contributed by atoms with Crippen LogP contribution in [0.15, 0.2) is 54.6 Å². The molecule has 1 saturated carbocycles. The minimum Gasteiger partial charge on any atom is -0.497 e. The van der Waals surface area contributed by atoms with E-state index in [9.17, 15) is 5.11 Å². The summed E-state index contributed by atoms with van der Waals surface area (Å²) in [5, 5.41) is 15.5. The number of para-hydroxylation sites is 1. The van der Waals surface area contributed by atoms with E-state index in [1.165, 1.54) is 0 Å². The first-order chi connectivity index (χ1) is 16.9. The van der Waals surface area contributed by atoms with Gasteiger partial charge in [0, 0.05) is 31.8 Å². The van der Waals surface area contributed by atoms with Gasteiger partial charge in [-0.15, -0.1) is 0 Å². The van der Waals surface area contributed by atoms with E-state index in [1.807, 2.05) is 66.2 Å². The Morgan fingerprint density at radius 2 is 1.80 bits per heavy atom. The molecule has 1 fully saturated rings. The number of aryl methyl sites for hydroxylation is 1. The number of methoxy groups -OCH3 is 1. The number of hydrogen-bond donors (Lipinski definition) is 1. The number of hydrogen-bond acceptors (Lipinski definition) is 6. The van der Waals surface area contributed by atoms with Gasteiger partial charge in [0.25, 0.3) is 0 Å². The lowest BCUT2D eigenvalue weighted by atomic mass is 10.2. The first-order valence-corrected chi connectivity index (χ1v) is 12.4. The fourth-order valence-electron chi connectivity index (χ4n) is 4.09. The van der Waals surface area contributed by atoms with Crippen LogP contribution < -0.4 is 9.47 Å². The average molecular weight is 480 g/mol. The van der Waals surface area contributed by atoms with Gasteiger partial charge in [0.15, 0.2) is 0 Å². The zero-order valence-electron chi connectivity index (χ0n) is 21.2. The van der Waals surface area contributed by atoms with Crippen molar-refractivity contribution < 1.29 is 19.3 Å². The lowest BCUT2D eigenvalue weighted by Gasteiger charge is -2.25. The zero-order chi connectivity index (χ0) is 24.8. The lowest BCUT2D eigenvalue weighted by Crippen LogP contribution is -2.36. The van der Waals surface area contributed by atoms with Crippen LogP contribution in [0.4, 0.5) is 0 Å². The fourth-order valence-corrected chi connectivity index (χ4v) is 4.09. The molecular formula is C28H37N3O4. The Labute approximate surface area is 208 Å². The average Bonchev–Trinajstić information content (AvgIpc) is 3.65. The van der Waals surface area contributed by atoms with Crippen LogP contribution in [0.1, 0.15) is 37.9 Å². The van der Waals surface area contributed by atoms with Crippen molar-refractivity contribution in [1.29, 1.82) is 0 Å². The van der Waals surface area contributed by atoms with Crippen molar-refractivity contribution in [1.82, 2.24) is 14.7 Å². The second-order valence-electron chi connectivity index (χ2n) is 9.64. The van der Waals surface area contributed by atoms with E-state index < -0.39 is 6.10 Å². The van der Waals surface area contributed by atoms with Gasteiger partial charge in [0.2, 0.25) is 5.88 Å². The number of ether oxygens (including phenoxy) is 3. The molecule has 7 nitrogen and oxygen atoms in total. The Bertz CT molecular complexity index is 1080. The number of aliphatic hydroxyl groups is 1. The maximum Gasteiger partial charge on any atom is 0.227 e. The minimum atomic E-state index is -0.540. The number of rotatable bonds is 13. The molecule has 1 aromatic heterocycles. The molecule has 188 valence electrons. The monoisotopic (exact) mass is 479 g/mol. The molecule has 7 heteroatoms. The predicted octanol–water partition coefficient (Wildman–Crippen LogP) is 4.98. The molecule has 0 spiro atoms. The van der Waals surface area contributed by atoms with Crippen molar-refractivity contribution in [2.24, 2.45) is 5.92 Å². The van der Waals surface area contributed by atoms with Crippen LogP contribution in [0.2, 0.25) is 0 Å². The summed E-state index contributed by atoms with van der Waals surface area (Å²) in [6.45, 7) is 8.43. The number of benzene rings is 2. The molecule has 1 atom stereocenters. The topological polar surface area (TPSA) is 69.0 Å². The molecule has 1 aliphatic carbocycles. The maximum atomic E-state index is 10.7. The van der Waals surface area contributed by atoms with Crippen LogP contribution in [0.3, 0.4) is 0 Å². The molecule has 0 radical (unpaired) electrons. The van der Waals surface area contributed by atoms with Crippen LogP contribution in [-0.2, 0) is 11.3 Å². The molecule has 0 bridgehead atoms. The van der Waals surface area contributed by atoms with E-state index in [0.717, 1.165) is 35.5 Å². The van der Waals surface area contributed by atoms with Crippen molar-refractivity contribution in [3.63, 3.8) is 0 Å². The maximum absolute atomic E-state index is 10.7. The summed E-state index contributed by atoms with van der Waals surface area (Å²) in [5.74, 6) is 2.54. The predicted molar refractivity (Wildman–Crippen MR) is 136 cm³/mol. The van der Waals surface area contributed by atoms with E-state index in [0.29, 0.717) is 49.9 Å². The first-order valence-electron chi connectivity index (χ1n) is 12.4. The largest absolute Gasteiger partial charge is 0.497 e. The van der Waals surface area contributed by atoms with Gasteiger partial charge in [0.1, 0.15) is 11.5 Å². The Balaban J connectivity index is 1.60. The van der Waals surface area contributed by atoms with Crippen molar-refractivity contribution in [3.8, 4) is 23.1 Å². The normalized spacial score (nSPS) is 14.5. The SMILES string of the molecule is COc1cccc(Oc2c(CN(C[C@@H](O)COCC(C)C)C3CC3)c(C)nn2-c2ccccc2)c1. The molecule has 0 saturated heterocycles. The van der Waals surface area contributed by atoms with E-state index in [2.05, 4.69) is 18.7 Å². The summed E-state index contributed by atoms with van der Waals surface area (Å²) in [6, 6.07) is 18.1. The van der Waals surface area contributed by atoms with Crippen molar-refractivity contribution >= 4 is 0 Å². The van der Waals surface area contributed by atoms with Crippen molar-refractivity contribution in [3.05, 3.63) is 65.9 Å². The van der Waals surface area contributed by atoms with Gasteiger partial charge in [-0.1, -0.05) is 38.1 Å². The highest BCUT2D eigenvalue weighted by atomic mass is 16.5. The summed E-state index contributed by atoms with van der Waals surface area (Å²) in [4.78, 5) is 2.33. The highest BCUT2D eigenvalue weighted by Gasteiger charge is 2.32. The quantitative estimate of drug-likeness (QED) is 0.373. The highest BCUT2D eigenvalue weighted by molar-refractivity contribution is 5.44. The standard InChI is InChI=1S/C28H37N3O4/c1-20(2)18-34-19-24(32)16-30(22-13-14-22)17-27-21(3)29-31(23-9-6-5-7-10-23)28(27)35-26-12-8-11-25(15-26)33-4/h5-12,15,20,22,24,32H,13-14,16-19H2,1-4H3/t24-/m1/s1. The van der Waals surface area contributed by atoms with Crippen LogP contribution >= 0.6 is 0 Å². The van der Waals surface area contributed by atoms with Gasteiger partial charge < -0.3 is 19.3 Å². The first kappa shape index (κ1) is 25.2. The third kappa shape index (κ3) is 6.84. The number of aromatic nitrogens is 2. The summed E-state index contributed by atoms with van der Waals surface area (Å²) < 4.78 is 19.4. The van der Waals surface area contributed by atoms with Crippen molar-refractivity contribution in [2.75, 3.05) is 26.9 Å². The van der Waals surface area contributed by atoms with Crippen LogP contribution in [0, 0.1) is 12.8 Å². The van der Waals surface area contributed by atoms with Crippen LogP contribution in [-0.4, -0.2) is 58.8 Å². The second kappa shape index (κ2) is 11.7. The van der Waals surface area contributed by atoms with Gasteiger partial charge in [-0.3, -0.25) is 4.90 Å². The molecule has 35 heavy (non-hydrogen) atoms. The molecule has 2 aromatic carbocycles. The molecule has 3 aromatic rings. The third-order valence-corrected chi connectivity index (χ3v) is 6.02. The van der Waals surface area contributed by atoms with Gasteiger partial charge in [-0.05, 0) is 49.9 Å². The van der Waals surface area contributed by atoms with E-state index in [1.54, 1.807) is 7.11 Å². The lowest BCUT2D eigenvalue weighted by molar-refractivity contribution is 0.00536. The highest BCUT2D eigenvalue weighted by Crippen LogP contribution is 2.35. The Morgan fingerprint density at radius 1 is 1.06 bits per heavy atom. The van der Waals surface area contributed by atoms with Crippen LogP contribution in [0.25, 0.3) is 5.69 Å². The summed E-state index contributed by atoms with van der Waals surface area (Å²) in [7, 11) is 1.65. The van der Waals surface area contributed by atoms with Crippen molar-refractivity contribution in [2.45, 2.75) is 52.3 Å². The Hall–Kier alpha value is -2.87. The molecule has 1 heterocycles. The summed E-state index contributed by atoms with van der Waals surface area (Å²) in [6.07, 6.45) is 1.73. The van der Waals surface area contributed by atoms with E-state index in [-0.39, 0.29) is 0 Å². The molecular weight excluding hydrogens is 442 g/mol. The summed E-state index contributed by atoms with van der Waals surface area (Å²) in [5.41, 5.74) is 2.85. The van der Waals surface area contributed by atoms with Gasteiger partial charge in [-0.2, -0.15) is 5.10 Å². The molecule has 0 amide bonds. The molecule has 0 unspecified atom stereocenters. The van der Waals surface area contributed by atoms with Gasteiger partial charge in [0.05, 0.1) is 36.8 Å². The van der Waals surface area contributed by atoms with Gasteiger partial charge >= 0.3 is 0 Å². The third-order valence-electron chi connectivity index (χ3n) is 6.02. The smallest absolute Gasteiger partial charge is 0.227 e. The molecule has 1 aliphatic rings. The number of aliphatic hydroxyl groups excluding tert-OH is 1. The molecule has 1 N–H and O–H groups in total. The number of nitrogens with zero attached hydrogens (tertiary/aromatic N) is 3. The fraction of sp³-hybridized carbons (Fsp3) is 0.464. The Kier molecular flexibility index (Phi) is 8.44. The molecule has 4 rings (SSSR count). The van der Waals surface area contributed by atoms with Crippen LogP contribution in [0.5, 0.6) is 17.4 Å².